The summed E-state index contributed by atoms with van der Waals surface area (Å²) in [6, 6.07) is 0.529. The molecule has 5 nitrogen and oxygen atoms in total. The Bertz CT molecular complexity index is 263. The normalized spacial score (nSPS) is 24.0. The van der Waals surface area contributed by atoms with E-state index < -0.39 is 5.60 Å². The first kappa shape index (κ1) is 15.2. The fraction of sp³-hybridized carbons (Fsp3) is 0.923. The molecule has 4 N–H and O–H groups in total. The zero-order valence-electron chi connectivity index (χ0n) is 11.8. The maximum atomic E-state index is 11.7. The SMILES string of the molecule is CC(C)(C)OC(=O)NC1CCCC1NCCCN. The van der Waals surface area contributed by atoms with Gasteiger partial charge < -0.3 is 21.1 Å². The second-order valence-corrected chi connectivity index (χ2v) is 5.89. The molecule has 0 aromatic carbocycles. The van der Waals surface area contributed by atoms with Crippen molar-refractivity contribution in [3.05, 3.63) is 0 Å². The number of nitrogens with two attached hydrogens (primary N) is 1. The van der Waals surface area contributed by atoms with E-state index in [-0.39, 0.29) is 12.1 Å². The van der Waals surface area contributed by atoms with Crippen LogP contribution >= 0.6 is 0 Å². The van der Waals surface area contributed by atoms with Gasteiger partial charge in [0.1, 0.15) is 5.60 Å². The lowest BCUT2D eigenvalue weighted by Crippen LogP contribution is -2.48. The molecule has 0 spiro atoms. The van der Waals surface area contributed by atoms with E-state index in [4.69, 9.17) is 10.5 Å². The van der Waals surface area contributed by atoms with E-state index >= 15 is 0 Å². The smallest absolute Gasteiger partial charge is 0.407 e. The summed E-state index contributed by atoms with van der Waals surface area (Å²) in [7, 11) is 0. The van der Waals surface area contributed by atoms with Crippen LogP contribution in [-0.4, -0.2) is 36.9 Å². The summed E-state index contributed by atoms with van der Waals surface area (Å²) in [5, 5.41) is 6.41. The van der Waals surface area contributed by atoms with E-state index in [1.54, 1.807) is 0 Å². The average molecular weight is 257 g/mol. The van der Waals surface area contributed by atoms with Crippen molar-refractivity contribution in [1.29, 1.82) is 0 Å². The predicted octanol–water partition coefficient (Wildman–Crippen LogP) is 1.37. The summed E-state index contributed by atoms with van der Waals surface area (Å²) in [4.78, 5) is 11.7. The van der Waals surface area contributed by atoms with Crippen molar-refractivity contribution in [3.8, 4) is 0 Å². The summed E-state index contributed by atoms with van der Waals surface area (Å²) >= 11 is 0. The van der Waals surface area contributed by atoms with E-state index in [0.717, 1.165) is 32.2 Å². The number of rotatable bonds is 5. The number of carbonyl (C=O) groups excluding carboxylic acids is 1. The number of amides is 1. The highest BCUT2D eigenvalue weighted by molar-refractivity contribution is 5.68. The molecule has 0 aromatic heterocycles. The summed E-state index contributed by atoms with van der Waals surface area (Å²) in [6.07, 6.45) is 3.90. The number of hydrogen-bond acceptors (Lipinski definition) is 4. The van der Waals surface area contributed by atoms with Crippen molar-refractivity contribution >= 4 is 6.09 Å². The molecular weight excluding hydrogens is 230 g/mol. The van der Waals surface area contributed by atoms with Crippen LogP contribution in [0.1, 0.15) is 46.5 Å². The lowest BCUT2D eigenvalue weighted by Gasteiger charge is -2.25. The quantitative estimate of drug-likeness (QED) is 0.650. The van der Waals surface area contributed by atoms with Crippen molar-refractivity contribution in [1.82, 2.24) is 10.6 Å². The molecule has 1 fully saturated rings. The van der Waals surface area contributed by atoms with Crippen molar-refractivity contribution in [2.45, 2.75) is 64.1 Å². The molecule has 0 heterocycles. The fourth-order valence-electron chi connectivity index (χ4n) is 2.23. The van der Waals surface area contributed by atoms with E-state index in [9.17, 15) is 4.79 Å². The molecule has 1 rings (SSSR count). The van der Waals surface area contributed by atoms with Gasteiger partial charge in [-0.05, 0) is 59.5 Å². The summed E-state index contributed by atoms with van der Waals surface area (Å²) in [5.74, 6) is 0. The topological polar surface area (TPSA) is 76.4 Å². The standard InChI is InChI=1S/C13H27N3O2/c1-13(2,3)18-12(17)16-11-7-4-6-10(11)15-9-5-8-14/h10-11,15H,4-9,14H2,1-3H3,(H,16,17). The lowest BCUT2D eigenvalue weighted by atomic mass is 10.1. The second kappa shape index (κ2) is 6.95. The molecule has 0 bridgehead atoms. The van der Waals surface area contributed by atoms with Gasteiger partial charge in [0.15, 0.2) is 0 Å². The van der Waals surface area contributed by atoms with Gasteiger partial charge in [-0.15, -0.1) is 0 Å². The van der Waals surface area contributed by atoms with E-state index in [0.29, 0.717) is 12.6 Å². The Morgan fingerprint density at radius 2 is 2.00 bits per heavy atom. The van der Waals surface area contributed by atoms with Gasteiger partial charge in [-0.3, -0.25) is 0 Å². The van der Waals surface area contributed by atoms with Crippen molar-refractivity contribution in [2.75, 3.05) is 13.1 Å². The van der Waals surface area contributed by atoms with Gasteiger partial charge in [0.2, 0.25) is 0 Å². The Morgan fingerprint density at radius 1 is 1.33 bits per heavy atom. The Balaban J connectivity index is 2.33. The van der Waals surface area contributed by atoms with E-state index in [2.05, 4.69) is 10.6 Å². The van der Waals surface area contributed by atoms with Gasteiger partial charge in [-0.1, -0.05) is 0 Å². The maximum Gasteiger partial charge on any atom is 0.407 e. The minimum Gasteiger partial charge on any atom is -0.444 e. The van der Waals surface area contributed by atoms with Crippen LogP contribution in [-0.2, 0) is 4.74 Å². The number of alkyl carbamates (subject to hydrolysis) is 1. The molecule has 1 amide bonds. The van der Waals surface area contributed by atoms with Crippen LogP contribution in [0.4, 0.5) is 4.79 Å². The summed E-state index contributed by atoms with van der Waals surface area (Å²) in [5.41, 5.74) is 5.03. The van der Waals surface area contributed by atoms with E-state index in [1.807, 2.05) is 20.8 Å². The van der Waals surface area contributed by atoms with E-state index in [1.165, 1.54) is 0 Å². The molecule has 0 aromatic rings. The molecule has 18 heavy (non-hydrogen) atoms. The molecular formula is C13H27N3O2. The molecule has 0 radical (unpaired) electrons. The maximum absolute atomic E-state index is 11.7. The zero-order valence-corrected chi connectivity index (χ0v) is 11.8. The molecule has 0 aliphatic heterocycles. The third-order valence-electron chi connectivity index (χ3n) is 3.01. The Morgan fingerprint density at radius 3 is 2.61 bits per heavy atom. The van der Waals surface area contributed by atoms with Crippen LogP contribution in [0.25, 0.3) is 0 Å². The molecule has 2 atom stereocenters. The van der Waals surface area contributed by atoms with Crippen LogP contribution in [0.3, 0.4) is 0 Å². The zero-order chi connectivity index (χ0) is 13.6. The Labute approximate surface area is 110 Å². The van der Waals surface area contributed by atoms with Gasteiger partial charge in [0, 0.05) is 12.1 Å². The van der Waals surface area contributed by atoms with Gasteiger partial charge in [-0.25, -0.2) is 4.79 Å². The number of nitrogens with one attached hydrogen (secondary N) is 2. The largest absolute Gasteiger partial charge is 0.444 e. The minimum atomic E-state index is -0.439. The second-order valence-electron chi connectivity index (χ2n) is 5.89. The molecule has 1 saturated carbocycles. The predicted molar refractivity (Wildman–Crippen MR) is 72.5 cm³/mol. The minimum absolute atomic E-state index is 0.178. The molecule has 0 saturated heterocycles. The van der Waals surface area contributed by atoms with Crippen molar-refractivity contribution in [2.24, 2.45) is 5.73 Å². The number of ether oxygens (including phenoxy) is 1. The highest BCUT2D eigenvalue weighted by Crippen LogP contribution is 2.19. The van der Waals surface area contributed by atoms with Crippen molar-refractivity contribution < 1.29 is 9.53 Å². The summed E-state index contributed by atoms with van der Waals surface area (Å²) in [6.45, 7) is 7.23. The van der Waals surface area contributed by atoms with Crippen LogP contribution in [0.15, 0.2) is 0 Å². The highest BCUT2D eigenvalue weighted by Gasteiger charge is 2.29. The first-order valence-electron chi connectivity index (χ1n) is 6.85. The first-order chi connectivity index (χ1) is 8.42. The Kier molecular flexibility index (Phi) is 5.88. The van der Waals surface area contributed by atoms with Crippen LogP contribution in [0.5, 0.6) is 0 Å². The molecule has 106 valence electrons. The van der Waals surface area contributed by atoms with Crippen LogP contribution in [0.2, 0.25) is 0 Å². The fourth-order valence-corrected chi connectivity index (χ4v) is 2.23. The number of hydrogen-bond donors (Lipinski definition) is 3. The molecule has 1 aliphatic carbocycles. The monoisotopic (exact) mass is 257 g/mol. The third kappa shape index (κ3) is 5.69. The van der Waals surface area contributed by atoms with Gasteiger partial charge in [-0.2, -0.15) is 0 Å². The van der Waals surface area contributed by atoms with Gasteiger partial charge in [0.25, 0.3) is 0 Å². The van der Waals surface area contributed by atoms with Gasteiger partial charge >= 0.3 is 6.09 Å². The third-order valence-corrected chi connectivity index (χ3v) is 3.01. The molecule has 1 aliphatic rings. The van der Waals surface area contributed by atoms with Crippen molar-refractivity contribution in [3.63, 3.8) is 0 Å². The average Bonchev–Trinajstić information content (AvgIpc) is 2.63. The number of carbonyl (C=O) groups is 1. The van der Waals surface area contributed by atoms with Crippen LogP contribution in [0, 0.1) is 0 Å². The molecule has 2 unspecified atom stereocenters. The first-order valence-corrected chi connectivity index (χ1v) is 6.85. The van der Waals surface area contributed by atoms with Gasteiger partial charge in [0.05, 0.1) is 0 Å². The highest BCUT2D eigenvalue weighted by atomic mass is 16.6. The lowest BCUT2D eigenvalue weighted by molar-refractivity contribution is 0.0498. The van der Waals surface area contributed by atoms with Crippen LogP contribution < -0.4 is 16.4 Å². The molecule has 5 heteroatoms. The summed E-state index contributed by atoms with van der Waals surface area (Å²) < 4.78 is 5.28. The Hall–Kier alpha value is -0.810.